The Hall–Kier alpha value is -2.08. The average molecular weight is 659 g/mol. The van der Waals surface area contributed by atoms with Crippen LogP contribution in [0.3, 0.4) is 0 Å². The van der Waals surface area contributed by atoms with E-state index in [-0.39, 0.29) is 23.5 Å². The molecule has 1 fully saturated rings. The molecule has 42 heavy (non-hydrogen) atoms. The second kappa shape index (κ2) is 13.3. The molecule has 0 aliphatic carbocycles. The van der Waals surface area contributed by atoms with Crippen LogP contribution in [-0.2, 0) is 31.6 Å². The fraction of sp³-hybridized carbons (Fsp3) is 0.550. The number of hydrogen-bond acceptors (Lipinski definition) is 13. The predicted octanol–water partition coefficient (Wildman–Crippen LogP) is 1.12. The number of nitrogens with two attached hydrogens (primary N) is 1. The van der Waals surface area contributed by atoms with Gasteiger partial charge in [-0.25, -0.2) is 18.7 Å². The number of nitrogen functional groups attached to an aromatic ring is 1. The van der Waals surface area contributed by atoms with Crippen LogP contribution in [0.25, 0.3) is 11.2 Å². The van der Waals surface area contributed by atoms with Gasteiger partial charge in [-0.05, 0) is 40.0 Å². The molecule has 2 aromatic rings. The number of allylic oxidation sites excluding steroid dienone is 3. The smallest absolute Gasteiger partial charge is 0.387 e. The minimum absolute atomic E-state index is 0.118. The van der Waals surface area contributed by atoms with Crippen LogP contribution in [-0.4, -0.2) is 73.7 Å². The molecule has 0 bridgehead atoms. The van der Waals surface area contributed by atoms with E-state index in [2.05, 4.69) is 23.6 Å². The molecule has 0 spiro atoms. The van der Waals surface area contributed by atoms with Gasteiger partial charge < -0.3 is 40.3 Å². The molecule has 9 N–H and O–H groups in total. The highest BCUT2D eigenvalue weighted by atomic mass is 31.3. The van der Waals surface area contributed by atoms with Crippen LogP contribution >= 0.6 is 23.5 Å². The second-order valence-corrected chi connectivity index (χ2v) is 14.0. The molecular weight excluding hydrogens is 627 g/mol. The van der Waals surface area contributed by atoms with Gasteiger partial charge in [0.05, 0.1) is 6.33 Å². The summed E-state index contributed by atoms with van der Waals surface area (Å²) in [7, 11) is -17.1. The van der Waals surface area contributed by atoms with E-state index in [1.807, 2.05) is 19.9 Å². The molecular formula is C20H32N5O14P3. The van der Waals surface area contributed by atoms with Crippen molar-refractivity contribution in [3.8, 4) is 0 Å². The molecule has 3 heterocycles. The summed E-state index contributed by atoms with van der Waals surface area (Å²) in [6, 6.07) is 0. The minimum Gasteiger partial charge on any atom is -0.387 e. The largest absolute Gasteiger partial charge is 0.490 e. The molecule has 1 aliphatic rings. The topological polar surface area (TPSA) is 299 Å². The number of rotatable bonds is 13. The number of aliphatic hydroxyl groups is 2. The van der Waals surface area contributed by atoms with Crippen molar-refractivity contribution < 1.29 is 61.4 Å². The highest BCUT2D eigenvalue weighted by Gasteiger charge is 2.50. The average Bonchev–Trinajstić information content (AvgIpc) is 3.35. The number of imidazole rings is 1. The fourth-order valence-electron chi connectivity index (χ4n) is 4.07. The van der Waals surface area contributed by atoms with Crippen molar-refractivity contribution in [3.05, 3.63) is 40.0 Å². The Morgan fingerprint density at radius 3 is 2.40 bits per heavy atom. The molecule has 1 saturated heterocycles. The number of anilines is 1. The van der Waals surface area contributed by atoms with Gasteiger partial charge in [-0.1, -0.05) is 23.3 Å². The molecule has 0 saturated carbocycles. The summed E-state index contributed by atoms with van der Waals surface area (Å²) in [5.74, 6) is -0.280. The molecule has 1 aliphatic heterocycles. The summed E-state index contributed by atoms with van der Waals surface area (Å²) in [6.45, 7) is 5.58. The highest BCUT2D eigenvalue weighted by molar-refractivity contribution is 7.66. The normalized spacial score (nSPS) is 25.2. The third-order valence-corrected chi connectivity index (χ3v) is 9.71. The van der Waals surface area contributed by atoms with E-state index in [0.29, 0.717) is 12.8 Å². The van der Waals surface area contributed by atoms with Gasteiger partial charge in [0.15, 0.2) is 17.4 Å². The van der Waals surface area contributed by atoms with Gasteiger partial charge >= 0.3 is 23.5 Å². The summed E-state index contributed by atoms with van der Waals surface area (Å²) in [4.78, 5) is 59.6. The number of fused-ring (bicyclic) bond motifs is 1. The highest BCUT2D eigenvalue weighted by Crippen LogP contribution is 2.66. The number of aliphatic hydroxyl groups excluding tert-OH is 2. The lowest BCUT2D eigenvalue weighted by Crippen LogP contribution is -2.39. The van der Waals surface area contributed by atoms with Crippen molar-refractivity contribution in [1.82, 2.24) is 19.5 Å². The van der Waals surface area contributed by atoms with Gasteiger partial charge in [0.1, 0.15) is 24.4 Å². The van der Waals surface area contributed by atoms with E-state index in [4.69, 9.17) is 24.8 Å². The first-order valence-corrected chi connectivity index (χ1v) is 16.7. The first-order valence-electron chi connectivity index (χ1n) is 12.1. The number of hydrogen-bond donors (Lipinski definition) is 8. The quantitative estimate of drug-likeness (QED) is 0.110. The Kier molecular flexibility index (Phi) is 10.9. The van der Waals surface area contributed by atoms with E-state index < -0.39 is 59.7 Å². The zero-order valence-corrected chi connectivity index (χ0v) is 25.1. The number of H-pyrrole nitrogens is 1. The summed E-state index contributed by atoms with van der Waals surface area (Å²) in [5, 5.41) is 21.7. The second-order valence-electron chi connectivity index (χ2n) is 9.59. The van der Waals surface area contributed by atoms with E-state index in [9.17, 15) is 38.5 Å². The van der Waals surface area contributed by atoms with Crippen molar-refractivity contribution in [2.45, 2.75) is 70.7 Å². The number of aromatic amines is 1. The standard InChI is InChI=1S/C20H32N5O14P3/c1-10(2)5-4-6-11(3)7-8-12(37-41(32,33)39-42(34,35)38-40(29,30)31)16-14(26)15(27)19(36-16)25-9-22-13-17(25)23-20(21)24-18(13)28/h5,7,9,12,14-16,19,26-27H,4,6,8H2,1-3H3,(H,32,33)(H,34,35)(H2,29,30,31)(H3,21,23,24,28)/t12?,14-,15+,16+,19+/m0/s1. The maximum atomic E-state index is 12.7. The molecule has 2 aromatic heterocycles. The summed E-state index contributed by atoms with van der Waals surface area (Å²) in [5.41, 5.74) is 6.48. The monoisotopic (exact) mass is 659 g/mol. The van der Waals surface area contributed by atoms with Crippen LogP contribution < -0.4 is 11.3 Å². The number of phosphoric ester groups is 1. The lowest BCUT2D eigenvalue weighted by Gasteiger charge is -2.27. The zero-order chi connectivity index (χ0) is 31.6. The van der Waals surface area contributed by atoms with Crippen LogP contribution in [0.4, 0.5) is 5.95 Å². The molecule has 0 aromatic carbocycles. The maximum absolute atomic E-state index is 12.7. The van der Waals surface area contributed by atoms with Gasteiger partial charge in [0.2, 0.25) is 5.95 Å². The van der Waals surface area contributed by atoms with Crippen LogP contribution in [0.5, 0.6) is 0 Å². The fourth-order valence-corrected chi connectivity index (χ4v) is 7.28. The maximum Gasteiger partial charge on any atom is 0.490 e. The van der Waals surface area contributed by atoms with Crippen LogP contribution in [0.1, 0.15) is 46.3 Å². The molecule has 7 atom stereocenters. The van der Waals surface area contributed by atoms with Gasteiger partial charge in [-0.3, -0.25) is 18.9 Å². The number of ether oxygens (including phenoxy) is 1. The summed E-state index contributed by atoms with van der Waals surface area (Å²) < 4.78 is 55.0. The third-order valence-electron chi connectivity index (χ3n) is 5.84. The number of nitrogens with zero attached hydrogens (tertiary/aromatic N) is 3. The van der Waals surface area contributed by atoms with Crippen molar-refractivity contribution >= 4 is 40.6 Å². The predicted molar refractivity (Wildman–Crippen MR) is 144 cm³/mol. The Balaban J connectivity index is 1.92. The Labute approximate surface area is 238 Å². The van der Waals surface area contributed by atoms with E-state index in [0.717, 1.165) is 22.0 Å². The lowest BCUT2D eigenvalue weighted by atomic mass is 10.0. The van der Waals surface area contributed by atoms with Gasteiger partial charge in [-0.15, -0.1) is 0 Å². The first kappa shape index (κ1) is 34.4. The Morgan fingerprint density at radius 2 is 1.79 bits per heavy atom. The third kappa shape index (κ3) is 9.21. The number of nitrogens with one attached hydrogen (secondary N) is 1. The number of phosphoric acid groups is 3. The van der Waals surface area contributed by atoms with Crippen molar-refractivity contribution in [2.24, 2.45) is 0 Å². The number of aromatic nitrogens is 4. The Morgan fingerprint density at radius 1 is 1.12 bits per heavy atom. The van der Waals surface area contributed by atoms with Crippen LogP contribution in [0, 0.1) is 0 Å². The van der Waals surface area contributed by atoms with Crippen LogP contribution in [0.15, 0.2) is 34.4 Å². The minimum atomic E-state index is -5.84. The van der Waals surface area contributed by atoms with E-state index in [1.165, 1.54) is 0 Å². The zero-order valence-electron chi connectivity index (χ0n) is 22.5. The molecule has 0 amide bonds. The van der Waals surface area contributed by atoms with E-state index >= 15 is 0 Å². The lowest BCUT2D eigenvalue weighted by molar-refractivity contribution is -0.0798. The van der Waals surface area contributed by atoms with Crippen molar-refractivity contribution in [2.75, 3.05) is 5.73 Å². The van der Waals surface area contributed by atoms with Gasteiger partial charge in [0, 0.05) is 0 Å². The van der Waals surface area contributed by atoms with Gasteiger partial charge in [0.25, 0.3) is 5.56 Å². The van der Waals surface area contributed by atoms with Crippen molar-refractivity contribution in [3.63, 3.8) is 0 Å². The first-order chi connectivity index (χ1) is 19.3. The molecule has 0 radical (unpaired) electrons. The van der Waals surface area contributed by atoms with Crippen LogP contribution in [0.2, 0.25) is 0 Å². The molecule has 236 valence electrons. The van der Waals surface area contributed by atoms with Gasteiger partial charge in [-0.2, -0.15) is 13.6 Å². The SMILES string of the molecule is CC(C)=CCCC(C)=CCC(OP(=O)(O)OP(=O)(O)OP(=O)(O)O)[C@H]1O[C@@H](n2cnc3c(=O)[nH]c(N)nc32)[C@H](O)[C@@H]1O. The molecule has 19 nitrogen and oxygen atoms in total. The summed E-state index contributed by atoms with van der Waals surface area (Å²) in [6.07, 6.45) is -2.74. The Bertz CT molecular complexity index is 1550. The van der Waals surface area contributed by atoms with E-state index in [1.54, 1.807) is 13.0 Å². The van der Waals surface area contributed by atoms with Crippen molar-refractivity contribution in [1.29, 1.82) is 0 Å². The summed E-state index contributed by atoms with van der Waals surface area (Å²) >= 11 is 0. The molecule has 3 rings (SSSR count). The molecule has 3 unspecified atom stereocenters. The molecule has 22 heteroatoms.